The first-order valence-electron chi connectivity index (χ1n) is 10.8. The van der Waals surface area contributed by atoms with Gasteiger partial charge in [-0.2, -0.15) is 0 Å². The van der Waals surface area contributed by atoms with Crippen molar-refractivity contribution in [1.82, 2.24) is 20.2 Å². The summed E-state index contributed by atoms with van der Waals surface area (Å²) >= 11 is 0. The number of rotatable bonds is 7. The highest BCUT2D eigenvalue weighted by Crippen LogP contribution is 2.20. The van der Waals surface area contributed by atoms with Gasteiger partial charge in [0.1, 0.15) is 11.9 Å². The number of halogens is 1. The predicted molar refractivity (Wildman–Crippen MR) is 115 cm³/mol. The van der Waals surface area contributed by atoms with Crippen molar-refractivity contribution in [2.24, 2.45) is 5.92 Å². The number of anilines is 1. The molecule has 0 amide bonds. The van der Waals surface area contributed by atoms with Crippen LogP contribution in [0.3, 0.4) is 0 Å². The van der Waals surface area contributed by atoms with Crippen LogP contribution in [0.1, 0.15) is 37.7 Å². The first-order chi connectivity index (χ1) is 14.6. The van der Waals surface area contributed by atoms with Gasteiger partial charge in [-0.1, -0.05) is 56.3 Å². The molecule has 0 aliphatic carbocycles. The molecule has 0 unspecified atom stereocenters. The molecule has 0 saturated carbocycles. The minimum atomic E-state index is -0.147. The maximum atomic E-state index is 14.2. The van der Waals surface area contributed by atoms with Gasteiger partial charge < -0.3 is 9.80 Å². The molecule has 0 radical (unpaired) electrons. The van der Waals surface area contributed by atoms with Crippen LogP contribution in [0.4, 0.5) is 10.1 Å². The van der Waals surface area contributed by atoms with E-state index in [0.29, 0.717) is 18.2 Å². The lowest BCUT2D eigenvalue weighted by atomic mass is 10.0. The van der Waals surface area contributed by atoms with Crippen LogP contribution >= 0.6 is 0 Å². The Kier molecular flexibility index (Phi) is 6.38. The second kappa shape index (κ2) is 9.34. The van der Waals surface area contributed by atoms with Crippen molar-refractivity contribution in [3.05, 3.63) is 71.8 Å². The molecule has 0 spiro atoms. The van der Waals surface area contributed by atoms with Crippen molar-refractivity contribution in [2.75, 3.05) is 31.1 Å². The van der Waals surface area contributed by atoms with Crippen LogP contribution in [-0.2, 0) is 6.54 Å². The van der Waals surface area contributed by atoms with Gasteiger partial charge in [-0.15, -0.1) is 5.10 Å². The van der Waals surface area contributed by atoms with E-state index in [2.05, 4.69) is 46.4 Å². The molecule has 1 atom stereocenters. The van der Waals surface area contributed by atoms with Crippen LogP contribution < -0.4 is 9.80 Å². The number of aromatic nitrogens is 4. The van der Waals surface area contributed by atoms with E-state index in [4.69, 9.17) is 0 Å². The fourth-order valence-electron chi connectivity index (χ4n) is 4.35. The number of nitrogens with one attached hydrogen (secondary N) is 1. The van der Waals surface area contributed by atoms with E-state index in [0.717, 1.165) is 38.4 Å². The summed E-state index contributed by atoms with van der Waals surface area (Å²) in [4.78, 5) is 3.62. The van der Waals surface area contributed by atoms with Crippen molar-refractivity contribution >= 4 is 5.69 Å². The first kappa shape index (κ1) is 20.5. The highest BCUT2D eigenvalue weighted by atomic mass is 19.1. The van der Waals surface area contributed by atoms with Crippen LogP contribution in [0.2, 0.25) is 0 Å². The van der Waals surface area contributed by atoms with Gasteiger partial charge in [0, 0.05) is 6.42 Å². The molecule has 158 valence electrons. The highest BCUT2D eigenvalue weighted by molar-refractivity contribution is 5.47. The van der Waals surface area contributed by atoms with E-state index in [9.17, 15) is 4.39 Å². The monoisotopic (exact) mass is 409 g/mol. The number of para-hydroxylation sites is 1. The summed E-state index contributed by atoms with van der Waals surface area (Å²) in [6.07, 6.45) is 1.02. The SMILES string of the molecule is CC(C)C[C@@H](c1nnnn1Cc1ccccc1)[NH+]1CCN(c2ccccc2F)CC1. The van der Waals surface area contributed by atoms with E-state index >= 15 is 0 Å². The third-order valence-electron chi connectivity index (χ3n) is 5.85. The minimum Gasteiger partial charge on any atom is -0.358 e. The summed E-state index contributed by atoms with van der Waals surface area (Å²) in [6, 6.07) is 17.6. The van der Waals surface area contributed by atoms with Crippen LogP contribution in [0.5, 0.6) is 0 Å². The fourth-order valence-corrected chi connectivity index (χ4v) is 4.35. The summed E-state index contributed by atoms with van der Waals surface area (Å²) in [5.41, 5.74) is 1.89. The van der Waals surface area contributed by atoms with Crippen molar-refractivity contribution in [3.8, 4) is 0 Å². The number of nitrogens with zero attached hydrogens (tertiary/aromatic N) is 5. The van der Waals surface area contributed by atoms with Gasteiger partial charge in [0.15, 0.2) is 0 Å². The molecule has 4 rings (SSSR count). The van der Waals surface area contributed by atoms with Gasteiger partial charge in [-0.05, 0) is 34.0 Å². The smallest absolute Gasteiger partial charge is 0.209 e. The molecule has 7 heteroatoms. The zero-order valence-electron chi connectivity index (χ0n) is 17.7. The number of hydrogen-bond acceptors (Lipinski definition) is 4. The Bertz CT molecular complexity index is 934. The lowest BCUT2D eigenvalue weighted by Gasteiger charge is -2.37. The highest BCUT2D eigenvalue weighted by Gasteiger charge is 2.33. The topological polar surface area (TPSA) is 51.3 Å². The van der Waals surface area contributed by atoms with Crippen molar-refractivity contribution in [2.45, 2.75) is 32.9 Å². The molecule has 2 heterocycles. The van der Waals surface area contributed by atoms with Crippen LogP contribution in [-0.4, -0.2) is 46.4 Å². The van der Waals surface area contributed by atoms with Crippen molar-refractivity contribution in [3.63, 3.8) is 0 Å². The number of piperazine rings is 1. The molecule has 1 aromatic heterocycles. The summed E-state index contributed by atoms with van der Waals surface area (Å²) in [5, 5.41) is 12.7. The Balaban J connectivity index is 1.51. The molecular formula is C23H30FN6+. The molecule has 1 saturated heterocycles. The van der Waals surface area contributed by atoms with E-state index in [1.54, 1.807) is 6.07 Å². The largest absolute Gasteiger partial charge is 0.358 e. The fraction of sp³-hybridized carbons (Fsp3) is 0.435. The Labute approximate surface area is 177 Å². The van der Waals surface area contributed by atoms with Crippen molar-refractivity contribution < 1.29 is 9.29 Å². The van der Waals surface area contributed by atoms with Gasteiger partial charge in [-0.3, -0.25) is 0 Å². The van der Waals surface area contributed by atoms with Crippen LogP contribution in [0.15, 0.2) is 54.6 Å². The molecule has 6 nitrogen and oxygen atoms in total. The molecule has 1 N–H and O–H groups in total. The van der Waals surface area contributed by atoms with Crippen molar-refractivity contribution in [1.29, 1.82) is 0 Å². The average Bonchev–Trinajstić information content (AvgIpc) is 3.21. The maximum absolute atomic E-state index is 14.2. The Hall–Kier alpha value is -2.80. The number of benzene rings is 2. The molecule has 0 bridgehead atoms. The molecule has 3 aromatic rings. The molecule has 30 heavy (non-hydrogen) atoms. The van der Waals surface area contributed by atoms with Gasteiger partial charge in [-0.25, -0.2) is 9.07 Å². The second-order valence-corrected chi connectivity index (χ2v) is 8.46. The maximum Gasteiger partial charge on any atom is 0.209 e. The van der Waals surface area contributed by atoms with Gasteiger partial charge in [0.2, 0.25) is 5.82 Å². The molecule has 1 aliphatic heterocycles. The average molecular weight is 410 g/mol. The Morgan fingerprint density at radius 3 is 2.40 bits per heavy atom. The van der Waals surface area contributed by atoms with Crippen LogP contribution in [0.25, 0.3) is 0 Å². The number of tetrazole rings is 1. The first-order valence-corrected chi connectivity index (χ1v) is 10.8. The Morgan fingerprint density at radius 1 is 1.00 bits per heavy atom. The van der Waals surface area contributed by atoms with Crippen LogP contribution in [0, 0.1) is 11.7 Å². The summed E-state index contributed by atoms with van der Waals surface area (Å²) in [7, 11) is 0. The van der Waals surface area contributed by atoms with Gasteiger partial charge in [0.05, 0.1) is 38.4 Å². The zero-order chi connectivity index (χ0) is 20.9. The van der Waals surface area contributed by atoms with E-state index in [1.807, 2.05) is 35.0 Å². The van der Waals surface area contributed by atoms with E-state index < -0.39 is 0 Å². The van der Waals surface area contributed by atoms with E-state index in [-0.39, 0.29) is 11.9 Å². The minimum absolute atomic E-state index is 0.147. The summed E-state index contributed by atoms with van der Waals surface area (Å²) < 4.78 is 16.1. The van der Waals surface area contributed by atoms with Gasteiger partial charge >= 0.3 is 0 Å². The normalized spacial score (nSPS) is 16.2. The molecular weight excluding hydrogens is 379 g/mol. The third-order valence-corrected chi connectivity index (χ3v) is 5.85. The summed E-state index contributed by atoms with van der Waals surface area (Å²) in [6.45, 7) is 8.68. The quantitative estimate of drug-likeness (QED) is 0.651. The second-order valence-electron chi connectivity index (χ2n) is 8.46. The van der Waals surface area contributed by atoms with E-state index in [1.165, 1.54) is 16.5 Å². The molecule has 1 fully saturated rings. The van der Waals surface area contributed by atoms with Gasteiger partial charge in [0.25, 0.3) is 0 Å². The predicted octanol–water partition coefficient (Wildman–Crippen LogP) is 2.35. The molecule has 1 aliphatic rings. The molecule has 2 aromatic carbocycles. The number of quaternary nitrogens is 1. The Morgan fingerprint density at radius 2 is 1.70 bits per heavy atom. The lowest BCUT2D eigenvalue weighted by Crippen LogP contribution is -3.15. The third kappa shape index (κ3) is 4.67. The summed E-state index contributed by atoms with van der Waals surface area (Å²) in [5.74, 6) is 1.34. The lowest BCUT2D eigenvalue weighted by molar-refractivity contribution is -0.934. The number of hydrogen-bond donors (Lipinski definition) is 1. The standard InChI is InChI=1S/C23H29FN6/c1-18(2)16-22(23-25-26-27-30(23)17-19-8-4-3-5-9-19)29-14-12-28(13-15-29)21-11-7-6-10-20(21)24/h3-11,18,22H,12-17H2,1-2H3/p+1/t22-/m0/s1. The zero-order valence-corrected chi connectivity index (χ0v) is 17.7.